The molecule has 54 heavy (non-hydrogen) atoms. The smallest absolute Gasteiger partial charge is 0.305 e. The molecule has 0 radical (unpaired) electrons. The van der Waals surface area contributed by atoms with Crippen molar-refractivity contribution in [3.63, 3.8) is 0 Å². The molecule has 1 rings (SSSR count). The van der Waals surface area contributed by atoms with E-state index in [-0.39, 0.29) is 17.9 Å². The van der Waals surface area contributed by atoms with E-state index in [1.807, 2.05) is 0 Å². The van der Waals surface area contributed by atoms with Gasteiger partial charge < -0.3 is 19.1 Å². The van der Waals surface area contributed by atoms with Gasteiger partial charge in [-0.15, -0.1) is 0 Å². The predicted molar refractivity (Wildman–Crippen MR) is 234 cm³/mol. The fourth-order valence-corrected chi connectivity index (χ4v) is 7.32. The van der Waals surface area contributed by atoms with Crippen LogP contribution in [0, 0.1) is 0 Å². The number of ether oxygens (including phenoxy) is 3. The van der Waals surface area contributed by atoms with Crippen LogP contribution < -0.4 is 0 Å². The van der Waals surface area contributed by atoms with Gasteiger partial charge in [0.1, 0.15) is 0 Å². The molecule has 0 bridgehead atoms. The highest BCUT2D eigenvalue weighted by Gasteiger charge is 2.40. The zero-order valence-electron chi connectivity index (χ0n) is 36.3. The summed E-state index contributed by atoms with van der Waals surface area (Å²) in [6.45, 7) is 7.35. The van der Waals surface area contributed by atoms with Gasteiger partial charge in [-0.25, -0.2) is 0 Å². The highest BCUT2D eigenvalue weighted by Crippen LogP contribution is 2.35. The van der Waals surface area contributed by atoms with Gasteiger partial charge in [-0.2, -0.15) is 0 Å². The van der Waals surface area contributed by atoms with Crippen LogP contribution in [0.5, 0.6) is 0 Å². The number of unbranched alkanes of at least 4 members (excludes halogenated alkanes) is 20. The van der Waals surface area contributed by atoms with Gasteiger partial charge in [0.15, 0.2) is 5.79 Å². The minimum Gasteiger partial charge on any atom is -0.469 e. The molecule has 1 unspecified atom stereocenters. The second-order valence-electron chi connectivity index (χ2n) is 16.1. The first kappa shape index (κ1) is 50.3. The Labute approximate surface area is 336 Å². The zero-order chi connectivity index (χ0) is 39.1. The van der Waals surface area contributed by atoms with Crippen LogP contribution in [0.1, 0.15) is 213 Å². The zero-order valence-corrected chi connectivity index (χ0v) is 36.3. The number of esters is 1. The van der Waals surface area contributed by atoms with Crippen molar-refractivity contribution >= 4 is 5.97 Å². The first-order chi connectivity index (χ1) is 26.5. The SMILES string of the molecule is CCCCC/C=C\C/C=C\CCCCCCCCC1(CCCCCCCC/C=C\C/C=C\CCCCC)OCC(CCN(C)CCCCCC(=O)OC)O1. The highest BCUT2D eigenvalue weighted by molar-refractivity contribution is 5.68. The molecule has 1 aliphatic heterocycles. The molecule has 0 aliphatic carbocycles. The Bertz CT molecular complexity index is 892. The molecule has 0 aromatic heterocycles. The topological polar surface area (TPSA) is 48.0 Å². The largest absolute Gasteiger partial charge is 0.469 e. The minimum atomic E-state index is -0.373. The molecule has 0 saturated carbocycles. The molecule has 314 valence electrons. The summed E-state index contributed by atoms with van der Waals surface area (Å²) in [5, 5.41) is 0. The molecular formula is C49H89NO4. The number of allylic oxidation sites excluding steroid dienone is 8. The lowest BCUT2D eigenvalue weighted by Gasteiger charge is -2.29. The Morgan fingerprint density at radius 2 is 1.04 bits per heavy atom. The molecule has 0 spiro atoms. The van der Waals surface area contributed by atoms with E-state index in [0.29, 0.717) is 6.42 Å². The van der Waals surface area contributed by atoms with Crippen molar-refractivity contribution in [3.05, 3.63) is 48.6 Å². The Morgan fingerprint density at radius 1 is 0.593 bits per heavy atom. The van der Waals surface area contributed by atoms with Gasteiger partial charge in [-0.1, -0.05) is 146 Å². The molecule has 5 nitrogen and oxygen atoms in total. The van der Waals surface area contributed by atoms with Crippen LogP contribution in [0.25, 0.3) is 0 Å². The Hall–Kier alpha value is -1.69. The molecule has 1 atom stereocenters. The van der Waals surface area contributed by atoms with Crippen molar-refractivity contribution in [3.8, 4) is 0 Å². The summed E-state index contributed by atoms with van der Waals surface area (Å²) < 4.78 is 18.1. The summed E-state index contributed by atoms with van der Waals surface area (Å²) in [6.07, 6.45) is 56.3. The number of hydrogen-bond acceptors (Lipinski definition) is 5. The highest BCUT2D eigenvalue weighted by atomic mass is 16.7. The summed E-state index contributed by atoms with van der Waals surface area (Å²) in [5.74, 6) is -0.474. The fourth-order valence-electron chi connectivity index (χ4n) is 7.32. The first-order valence-corrected chi connectivity index (χ1v) is 23.2. The predicted octanol–water partition coefficient (Wildman–Crippen LogP) is 14.6. The van der Waals surface area contributed by atoms with E-state index in [1.54, 1.807) is 0 Å². The molecule has 0 aromatic carbocycles. The van der Waals surface area contributed by atoms with Gasteiger partial charge in [0.25, 0.3) is 0 Å². The van der Waals surface area contributed by atoms with Gasteiger partial charge >= 0.3 is 5.97 Å². The number of rotatable bonds is 39. The number of carbonyl (C=O) groups is 1. The van der Waals surface area contributed by atoms with E-state index in [9.17, 15) is 4.79 Å². The third-order valence-electron chi connectivity index (χ3n) is 10.9. The van der Waals surface area contributed by atoms with Gasteiger partial charge in [0.2, 0.25) is 0 Å². The maximum absolute atomic E-state index is 11.4. The average Bonchev–Trinajstić information content (AvgIpc) is 3.59. The van der Waals surface area contributed by atoms with E-state index in [1.165, 1.54) is 148 Å². The third kappa shape index (κ3) is 31.5. The van der Waals surface area contributed by atoms with Gasteiger partial charge in [-0.05, 0) is 110 Å². The average molecular weight is 756 g/mol. The molecule has 0 aromatic rings. The summed E-state index contributed by atoms with van der Waals surface area (Å²) >= 11 is 0. The third-order valence-corrected chi connectivity index (χ3v) is 10.9. The number of methoxy groups -OCH3 is 1. The summed E-state index contributed by atoms with van der Waals surface area (Å²) in [4.78, 5) is 13.8. The van der Waals surface area contributed by atoms with Crippen LogP contribution in [-0.4, -0.2) is 56.6 Å². The van der Waals surface area contributed by atoms with Gasteiger partial charge in [-0.3, -0.25) is 4.79 Å². The molecule has 0 amide bonds. The monoisotopic (exact) mass is 756 g/mol. The fraction of sp³-hybridized carbons (Fsp3) is 0.816. The molecule has 1 fully saturated rings. The van der Waals surface area contributed by atoms with E-state index in [0.717, 1.165) is 71.1 Å². The summed E-state index contributed by atoms with van der Waals surface area (Å²) in [5.41, 5.74) is 0. The summed E-state index contributed by atoms with van der Waals surface area (Å²) in [7, 11) is 3.67. The number of hydrogen-bond donors (Lipinski definition) is 0. The number of carbonyl (C=O) groups excluding carboxylic acids is 1. The van der Waals surface area contributed by atoms with Crippen LogP contribution in [0.3, 0.4) is 0 Å². The van der Waals surface area contributed by atoms with Crippen LogP contribution >= 0.6 is 0 Å². The van der Waals surface area contributed by atoms with Crippen molar-refractivity contribution in [2.75, 3.05) is 33.9 Å². The molecular weight excluding hydrogens is 667 g/mol. The van der Waals surface area contributed by atoms with E-state index < -0.39 is 0 Å². The maximum Gasteiger partial charge on any atom is 0.305 e. The van der Waals surface area contributed by atoms with Crippen molar-refractivity contribution in [1.29, 1.82) is 0 Å². The second kappa shape index (κ2) is 38.2. The van der Waals surface area contributed by atoms with E-state index in [4.69, 9.17) is 14.2 Å². The van der Waals surface area contributed by atoms with Gasteiger partial charge in [0.05, 0.1) is 19.8 Å². The van der Waals surface area contributed by atoms with E-state index >= 15 is 0 Å². The van der Waals surface area contributed by atoms with Crippen LogP contribution in [-0.2, 0) is 19.0 Å². The number of nitrogens with zero attached hydrogens (tertiary/aromatic N) is 1. The maximum atomic E-state index is 11.4. The first-order valence-electron chi connectivity index (χ1n) is 23.2. The lowest BCUT2D eigenvalue weighted by Crippen LogP contribution is -2.32. The summed E-state index contributed by atoms with van der Waals surface area (Å²) in [6, 6.07) is 0. The lowest BCUT2D eigenvalue weighted by atomic mass is 9.98. The van der Waals surface area contributed by atoms with Gasteiger partial charge in [0, 0.05) is 25.8 Å². The Kier molecular flexibility index (Phi) is 35.6. The normalized spacial score (nSPS) is 16.1. The van der Waals surface area contributed by atoms with E-state index in [2.05, 4.69) is 74.4 Å². The molecule has 5 heteroatoms. The lowest BCUT2D eigenvalue weighted by molar-refractivity contribution is -0.180. The van der Waals surface area contributed by atoms with Crippen LogP contribution in [0.4, 0.5) is 0 Å². The molecule has 1 aliphatic rings. The van der Waals surface area contributed by atoms with Crippen LogP contribution in [0.2, 0.25) is 0 Å². The standard InChI is InChI=1S/C49H89NO4/c1-5-7-9-11-13-15-17-19-21-23-25-27-29-31-33-37-42-49(43-38-34-32-30-28-26-24-22-20-18-16-14-12-10-8-6-2)53-46-47(54-49)41-45-50(3)44-39-35-36-40-48(51)52-4/h13-16,19-22,47H,5-12,17-18,23-46H2,1-4H3/b15-13-,16-14-,21-19-,22-20-. The Morgan fingerprint density at radius 3 is 1.52 bits per heavy atom. The quantitative estimate of drug-likeness (QED) is 0.0355. The van der Waals surface area contributed by atoms with Crippen LogP contribution in [0.15, 0.2) is 48.6 Å². The molecule has 1 saturated heterocycles. The minimum absolute atomic E-state index is 0.101. The van der Waals surface area contributed by atoms with Crippen molar-refractivity contribution in [1.82, 2.24) is 4.90 Å². The Balaban J connectivity index is 2.32. The van der Waals surface area contributed by atoms with Crippen molar-refractivity contribution < 1.29 is 19.0 Å². The second-order valence-corrected chi connectivity index (χ2v) is 16.1. The van der Waals surface area contributed by atoms with Crippen molar-refractivity contribution in [2.45, 2.75) is 225 Å². The van der Waals surface area contributed by atoms with Crippen molar-refractivity contribution in [2.24, 2.45) is 0 Å². The molecule has 0 N–H and O–H groups in total. The molecule has 1 heterocycles.